The second-order valence-corrected chi connectivity index (χ2v) is 4.63. The van der Waals surface area contributed by atoms with Crippen LogP contribution in [0.15, 0.2) is 36.4 Å². The Labute approximate surface area is 113 Å². The molecule has 0 aliphatic carbocycles. The Morgan fingerprint density at radius 2 is 1.89 bits per heavy atom. The average molecular weight is 280 g/mol. The van der Waals surface area contributed by atoms with Crippen molar-refractivity contribution in [2.75, 3.05) is 6.26 Å². The lowest BCUT2D eigenvalue weighted by atomic mass is 10.0. The number of hydrogen-bond donors (Lipinski definition) is 1. The molecule has 2 rings (SSSR count). The Bertz CT molecular complexity index is 641. The van der Waals surface area contributed by atoms with Crippen molar-refractivity contribution in [1.82, 2.24) is 0 Å². The minimum atomic E-state index is -0.715. The van der Waals surface area contributed by atoms with Crippen molar-refractivity contribution >= 4 is 16.9 Å². The number of phenolic OH excluding ortho intramolecular Hbond substituents is 1. The molecule has 0 saturated carbocycles. The summed E-state index contributed by atoms with van der Waals surface area (Å²) in [4.78, 5) is 11.6. The fraction of sp³-hybridized carbons (Fsp3) is 0.0714. The summed E-state index contributed by atoms with van der Waals surface area (Å²) in [6.07, 6.45) is 1.59. The third kappa shape index (κ3) is 2.76. The molecule has 0 radical (unpaired) electrons. The summed E-state index contributed by atoms with van der Waals surface area (Å²) in [5.74, 6) is -1.54. The second-order valence-electron chi connectivity index (χ2n) is 3.85. The maximum absolute atomic E-state index is 13.7. The zero-order chi connectivity index (χ0) is 14.0. The molecule has 0 amide bonds. The molecule has 0 aromatic heterocycles. The minimum Gasteiger partial charge on any atom is -0.507 e. The van der Waals surface area contributed by atoms with E-state index in [2.05, 4.69) is 0 Å². The standard InChI is InChI=1S/C14H10F2O2S/c1-19-14(18)11-6-8(2-5-13(11)17)10-4-3-9(15)7-12(10)16/h2-7,17H,1H3. The fourth-order valence-corrected chi connectivity index (χ4v) is 2.08. The van der Waals surface area contributed by atoms with Gasteiger partial charge in [-0.15, -0.1) is 0 Å². The Hall–Kier alpha value is -1.88. The predicted octanol–water partition coefficient (Wildman–Crippen LogP) is 3.84. The van der Waals surface area contributed by atoms with E-state index in [9.17, 15) is 18.7 Å². The molecule has 0 bridgehead atoms. The van der Waals surface area contributed by atoms with Crippen LogP contribution in [0.25, 0.3) is 11.1 Å². The molecule has 1 N–H and O–H groups in total. The van der Waals surface area contributed by atoms with Crippen molar-refractivity contribution in [3.8, 4) is 16.9 Å². The lowest BCUT2D eigenvalue weighted by Crippen LogP contribution is -1.95. The monoisotopic (exact) mass is 280 g/mol. The van der Waals surface area contributed by atoms with E-state index in [0.29, 0.717) is 5.56 Å². The molecule has 0 aliphatic heterocycles. The summed E-state index contributed by atoms with van der Waals surface area (Å²) in [5.41, 5.74) is 0.693. The fourth-order valence-electron chi connectivity index (χ4n) is 1.70. The molecule has 98 valence electrons. The highest BCUT2D eigenvalue weighted by Gasteiger charge is 2.13. The van der Waals surface area contributed by atoms with Gasteiger partial charge < -0.3 is 5.11 Å². The Kier molecular flexibility index (Phi) is 3.85. The van der Waals surface area contributed by atoms with Crippen LogP contribution in [-0.2, 0) is 0 Å². The van der Waals surface area contributed by atoms with Crippen LogP contribution in [0.4, 0.5) is 8.78 Å². The van der Waals surface area contributed by atoms with Crippen LogP contribution >= 0.6 is 11.8 Å². The molecule has 0 spiro atoms. The number of carbonyl (C=O) groups is 1. The maximum Gasteiger partial charge on any atom is 0.222 e. The van der Waals surface area contributed by atoms with Gasteiger partial charge in [-0.25, -0.2) is 8.78 Å². The zero-order valence-corrected chi connectivity index (χ0v) is 10.8. The van der Waals surface area contributed by atoms with Crippen LogP contribution in [0.2, 0.25) is 0 Å². The third-order valence-electron chi connectivity index (χ3n) is 2.64. The number of hydrogen-bond acceptors (Lipinski definition) is 3. The molecule has 0 heterocycles. The van der Waals surface area contributed by atoms with Gasteiger partial charge in [0.25, 0.3) is 0 Å². The van der Waals surface area contributed by atoms with Crippen molar-refractivity contribution in [2.24, 2.45) is 0 Å². The van der Waals surface area contributed by atoms with E-state index in [0.717, 1.165) is 23.9 Å². The summed E-state index contributed by atoms with van der Waals surface area (Å²) in [6.45, 7) is 0. The van der Waals surface area contributed by atoms with Crippen LogP contribution in [-0.4, -0.2) is 16.5 Å². The first kappa shape index (κ1) is 13.5. The Morgan fingerprint density at radius 3 is 2.53 bits per heavy atom. The highest BCUT2D eigenvalue weighted by atomic mass is 32.2. The number of halogens is 2. The molecule has 0 aliphatic rings. The molecule has 0 unspecified atom stereocenters. The number of carbonyl (C=O) groups excluding carboxylic acids is 1. The van der Waals surface area contributed by atoms with Gasteiger partial charge in [-0.2, -0.15) is 0 Å². The quantitative estimate of drug-likeness (QED) is 0.908. The van der Waals surface area contributed by atoms with Gasteiger partial charge in [0.2, 0.25) is 5.12 Å². The van der Waals surface area contributed by atoms with Crippen molar-refractivity contribution in [1.29, 1.82) is 0 Å². The van der Waals surface area contributed by atoms with Crippen LogP contribution in [0.3, 0.4) is 0 Å². The van der Waals surface area contributed by atoms with E-state index < -0.39 is 11.6 Å². The second kappa shape index (κ2) is 5.40. The van der Waals surface area contributed by atoms with Crippen LogP contribution < -0.4 is 0 Å². The molecule has 5 heteroatoms. The molecule has 2 nitrogen and oxygen atoms in total. The molecule has 0 fully saturated rings. The highest BCUT2D eigenvalue weighted by Crippen LogP contribution is 2.29. The van der Waals surface area contributed by atoms with Crippen molar-refractivity contribution in [2.45, 2.75) is 0 Å². The highest BCUT2D eigenvalue weighted by molar-refractivity contribution is 8.13. The first-order chi connectivity index (χ1) is 9.02. The normalized spacial score (nSPS) is 10.5. The van der Waals surface area contributed by atoms with Gasteiger partial charge in [0.05, 0.1) is 5.56 Å². The van der Waals surface area contributed by atoms with Gasteiger partial charge in [0.15, 0.2) is 0 Å². The topological polar surface area (TPSA) is 37.3 Å². The summed E-state index contributed by atoms with van der Waals surface area (Å²) in [7, 11) is 0. The molecule has 0 saturated heterocycles. The zero-order valence-electron chi connectivity index (χ0n) is 9.98. The van der Waals surface area contributed by atoms with E-state index in [4.69, 9.17) is 0 Å². The number of thioether (sulfide) groups is 1. The van der Waals surface area contributed by atoms with Gasteiger partial charge >= 0.3 is 0 Å². The van der Waals surface area contributed by atoms with E-state index >= 15 is 0 Å². The van der Waals surface area contributed by atoms with Gasteiger partial charge in [-0.05, 0) is 36.1 Å². The largest absolute Gasteiger partial charge is 0.507 e. The van der Waals surface area contributed by atoms with Gasteiger partial charge in [-0.1, -0.05) is 17.8 Å². The van der Waals surface area contributed by atoms with Gasteiger partial charge in [-0.3, -0.25) is 4.79 Å². The van der Waals surface area contributed by atoms with Crippen LogP contribution in [0.5, 0.6) is 5.75 Å². The average Bonchev–Trinajstić information content (AvgIpc) is 2.39. The molecular weight excluding hydrogens is 270 g/mol. The van der Waals surface area contributed by atoms with Crippen LogP contribution in [0.1, 0.15) is 10.4 Å². The molecule has 2 aromatic carbocycles. The smallest absolute Gasteiger partial charge is 0.222 e. The van der Waals surface area contributed by atoms with E-state index in [1.165, 1.54) is 24.3 Å². The summed E-state index contributed by atoms with van der Waals surface area (Å²) >= 11 is 0.950. The Balaban J connectivity index is 2.54. The lowest BCUT2D eigenvalue weighted by Gasteiger charge is -2.07. The van der Waals surface area contributed by atoms with E-state index in [1.54, 1.807) is 6.26 Å². The summed E-state index contributed by atoms with van der Waals surface area (Å²) < 4.78 is 26.5. The molecule has 19 heavy (non-hydrogen) atoms. The summed E-state index contributed by atoms with van der Waals surface area (Å²) in [6, 6.07) is 7.40. The van der Waals surface area contributed by atoms with Gasteiger partial charge in [0.1, 0.15) is 17.4 Å². The van der Waals surface area contributed by atoms with E-state index in [-0.39, 0.29) is 22.0 Å². The third-order valence-corrected chi connectivity index (χ3v) is 3.23. The predicted molar refractivity (Wildman–Crippen MR) is 71.3 cm³/mol. The molecular formula is C14H10F2O2S. The number of aromatic hydroxyl groups is 1. The first-order valence-corrected chi connectivity index (χ1v) is 6.62. The van der Waals surface area contributed by atoms with Crippen LogP contribution in [0, 0.1) is 11.6 Å². The van der Waals surface area contributed by atoms with Crippen molar-refractivity contribution in [3.05, 3.63) is 53.6 Å². The summed E-state index contributed by atoms with van der Waals surface area (Å²) in [5, 5.41) is 9.29. The van der Waals surface area contributed by atoms with Crippen molar-refractivity contribution in [3.63, 3.8) is 0 Å². The maximum atomic E-state index is 13.7. The minimum absolute atomic E-state index is 0.105. The number of rotatable bonds is 2. The lowest BCUT2D eigenvalue weighted by molar-refractivity contribution is 0.108. The first-order valence-electron chi connectivity index (χ1n) is 5.39. The SMILES string of the molecule is CSC(=O)c1cc(-c2ccc(F)cc2F)ccc1O. The number of benzene rings is 2. The molecule has 2 aromatic rings. The number of phenols is 1. The molecule has 0 atom stereocenters. The van der Waals surface area contributed by atoms with E-state index in [1.807, 2.05) is 0 Å². The van der Waals surface area contributed by atoms with Gasteiger partial charge in [0, 0.05) is 11.6 Å². The van der Waals surface area contributed by atoms with Crippen molar-refractivity contribution < 1.29 is 18.7 Å². The Morgan fingerprint density at radius 1 is 1.16 bits per heavy atom.